The summed E-state index contributed by atoms with van der Waals surface area (Å²) in [5.74, 6) is 4.72. The van der Waals surface area contributed by atoms with Gasteiger partial charge in [0.15, 0.2) is 0 Å². The van der Waals surface area contributed by atoms with Gasteiger partial charge >= 0.3 is 0 Å². The molecule has 0 radical (unpaired) electrons. The summed E-state index contributed by atoms with van der Waals surface area (Å²) in [7, 11) is 0. The van der Waals surface area contributed by atoms with Gasteiger partial charge in [0.2, 0.25) is 5.91 Å². The Kier molecular flexibility index (Phi) is 5.66. The summed E-state index contributed by atoms with van der Waals surface area (Å²) >= 11 is 0. The molecular formula is C9H20N2O2. The van der Waals surface area contributed by atoms with E-state index in [9.17, 15) is 4.79 Å². The molecule has 0 aliphatic carbocycles. The van der Waals surface area contributed by atoms with Gasteiger partial charge in [0.25, 0.3) is 0 Å². The van der Waals surface area contributed by atoms with E-state index in [1.54, 1.807) is 0 Å². The van der Waals surface area contributed by atoms with E-state index in [0.29, 0.717) is 19.6 Å². The Morgan fingerprint density at radius 3 is 2.46 bits per heavy atom. The van der Waals surface area contributed by atoms with Crippen molar-refractivity contribution in [2.24, 2.45) is 11.3 Å². The Balaban J connectivity index is 3.22. The van der Waals surface area contributed by atoms with Crippen LogP contribution in [-0.2, 0) is 9.53 Å². The predicted octanol–water partition coefficient (Wildman–Crippen LogP) is 0.819. The lowest BCUT2D eigenvalue weighted by atomic mass is 9.93. The molecule has 4 nitrogen and oxygen atoms in total. The van der Waals surface area contributed by atoms with E-state index in [0.717, 1.165) is 6.42 Å². The highest BCUT2D eigenvalue weighted by atomic mass is 16.5. The van der Waals surface area contributed by atoms with E-state index >= 15 is 0 Å². The Morgan fingerprint density at radius 2 is 2.00 bits per heavy atom. The van der Waals surface area contributed by atoms with E-state index in [1.807, 2.05) is 0 Å². The van der Waals surface area contributed by atoms with Crippen LogP contribution in [0, 0.1) is 5.41 Å². The second-order valence-electron chi connectivity index (χ2n) is 4.24. The van der Waals surface area contributed by atoms with Gasteiger partial charge in [-0.05, 0) is 11.8 Å². The second kappa shape index (κ2) is 5.94. The quantitative estimate of drug-likeness (QED) is 0.290. The molecule has 0 aromatic carbocycles. The van der Waals surface area contributed by atoms with Crippen molar-refractivity contribution in [3.63, 3.8) is 0 Å². The Morgan fingerprint density at radius 1 is 1.38 bits per heavy atom. The Labute approximate surface area is 79.8 Å². The molecular weight excluding hydrogens is 168 g/mol. The lowest BCUT2D eigenvalue weighted by Crippen LogP contribution is -2.30. The molecule has 3 N–H and O–H groups in total. The largest absolute Gasteiger partial charge is 0.381 e. The molecule has 0 unspecified atom stereocenters. The van der Waals surface area contributed by atoms with Gasteiger partial charge in [-0.25, -0.2) is 5.84 Å². The number of carbonyl (C=O) groups is 1. The number of rotatable bonds is 5. The third kappa shape index (κ3) is 9.30. The minimum absolute atomic E-state index is 0.184. The Bertz CT molecular complexity index is 152. The summed E-state index contributed by atoms with van der Waals surface area (Å²) in [5, 5.41) is 0. The molecule has 0 fully saturated rings. The highest BCUT2D eigenvalue weighted by molar-refractivity contribution is 5.75. The van der Waals surface area contributed by atoms with E-state index < -0.39 is 0 Å². The van der Waals surface area contributed by atoms with E-state index in [2.05, 4.69) is 26.2 Å². The SMILES string of the molecule is CC(C)(C)CCOCCC(=O)NN. The lowest BCUT2D eigenvalue weighted by molar-refractivity contribution is -0.122. The van der Waals surface area contributed by atoms with Crippen molar-refractivity contribution in [3.05, 3.63) is 0 Å². The first-order chi connectivity index (χ1) is 5.95. The minimum Gasteiger partial charge on any atom is -0.381 e. The fourth-order valence-corrected chi connectivity index (χ4v) is 0.717. The maximum absolute atomic E-state index is 10.7. The van der Waals surface area contributed by atoms with Crippen LogP contribution in [-0.4, -0.2) is 19.1 Å². The summed E-state index contributed by atoms with van der Waals surface area (Å²) in [4.78, 5) is 10.7. The van der Waals surface area contributed by atoms with Gasteiger partial charge in [0, 0.05) is 6.61 Å². The summed E-state index contributed by atoms with van der Waals surface area (Å²) < 4.78 is 5.27. The number of hydrogen-bond donors (Lipinski definition) is 2. The van der Waals surface area contributed by atoms with Crippen molar-refractivity contribution in [3.8, 4) is 0 Å². The number of ether oxygens (including phenoxy) is 1. The van der Waals surface area contributed by atoms with Crippen molar-refractivity contribution < 1.29 is 9.53 Å². The number of hydrogen-bond acceptors (Lipinski definition) is 3. The summed E-state index contributed by atoms with van der Waals surface area (Å²) in [6, 6.07) is 0. The van der Waals surface area contributed by atoms with Crippen molar-refractivity contribution in [1.29, 1.82) is 0 Å². The molecule has 0 spiro atoms. The van der Waals surface area contributed by atoms with Crippen molar-refractivity contribution in [1.82, 2.24) is 5.43 Å². The summed E-state index contributed by atoms with van der Waals surface area (Å²) in [6.07, 6.45) is 1.33. The third-order valence-corrected chi connectivity index (χ3v) is 1.63. The van der Waals surface area contributed by atoms with Crippen LogP contribution >= 0.6 is 0 Å². The van der Waals surface area contributed by atoms with Crippen LogP contribution in [0.25, 0.3) is 0 Å². The maximum Gasteiger partial charge on any atom is 0.236 e. The molecule has 0 aliphatic heterocycles. The van der Waals surface area contributed by atoms with Gasteiger partial charge < -0.3 is 4.74 Å². The first kappa shape index (κ1) is 12.4. The molecule has 0 saturated heterocycles. The van der Waals surface area contributed by atoms with Gasteiger partial charge in [-0.2, -0.15) is 0 Å². The van der Waals surface area contributed by atoms with Crippen molar-refractivity contribution in [2.75, 3.05) is 13.2 Å². The number of hydrazine groups is 1. The van der Waals surface area contributed by atoms with Crippen LogP contribution in [0.4, 0.5) is 0 Å². The lowest BCUT2D eigenvalue weighted by Gasteiger charge is -2.17. The number of carbonyl (C=O) groups excluding carboxylic acids is 1. The zero-order valence-electron chi connectivity index (χ0n) is 8.72. The number of nitrogens with one attached hydrogen (secondary N) is 1. The highest BCUT2D eigenvalue weighted by Gasteiger charge is 2.09. The van der Waals surface area contributed by atoms with E-state index in [1.165, 1.54) is 0 Å². The van der Waals surface area contributed by atoms with Gasteiger partial charge in [-0.15, -0.1) is 0 Å². The van der Waals surface area contributed by atoms with E-state index in [-0.39, 0.29) is 11.3 Å². The number of amides is 1. The number of nitrogens with two attached hydrogens (primary N) is 1. The molecule has 0 aliphatic rings. The van der Waals surface area contributed by atoms with Gasteiger partial charge in [-0.3, -0.25) is 10.2 Å². The molecule has 0 rings (SSSR count). The fourth-order valence-electron chi connectivity index (χ4n) is 0.717. The average Bonchev–Trinajstić information content (AvgIpc) is 2.01. The normalized spacial score (nSPS) is 11.4. The third-order valence-electron chi connectivity index (χ3n) is 1.63. The zero-order chi connectivity index (χ0) is 10.3. The molecule has 0 aromatic rings. The molecule has 4 heteroatoms. The van der Waals surface area contributed by atoms with Crippen LogP contribution in [0.2, 0.25) is 0 Å². The molecule has 78 valence electrons. The van der Waals surface area contributed by atoms with Crippen molar-refractivity contribution in [2.45, 2.75) is 33.6 Å². The molecule has 1 amide bonds. The molecule has 13 heavy (non-hydrogen) atoms. The highest BCUT2D eigenvalue weighted by Crippen LogP contribution is 2.17. The van der Waals surface area contributed by atoms with Gasteiger partial charge in [-0.1, -0.05) is 20.8 Å². The van der Waals surface area contributed by atoms with Gasteiger partial charge in [0.1, 0.15) is 0 Å². The van der Waals surface area contributed by atoms with Crippen LogP contribution in [0.5, 0.6) is 0 Å². The second-order valence-corrected chi connectivity index (χ2v) is 4.24. The standard InChI is InChI=1S/C9H20N2O2/c1-9(2,3)5-7-13-6-4-8(12)11-10/h4-7,10H2,1-3H3,(H,11,12). The topological polar surface area (TPSA) is 64.3 Å². The molecule has 0 bridgehead atoms. The van der Waals surface area contributed by atoms with Gasteiger partial charge in [0.05, 0.1) is 13.0 Å². The predicted molar refractivity (Wildman–Crippen MR) is 51.8 cm³/mol. The van der Waals surface area contributed by atoms with Crippen LogP contribution in [0.1, 0.15) is 33.6 Å². The molecule has 0 heterocycles. The smallest absolute Gasteiger partial charge is 0.236 e. The maximum atomic E-state index is 10.7. The fraction of sp³-hybridized carbons (Fsp3) is 0.889. The Hall–Kier alpha value is -0.610. The average molecular weight is 188 g/mol. The summed E-state index contributed by atoms with van der Waals surface area (Å²) in [5.41, 5.74) is 2.34. The first-order valence-electron chi connectivity index (χ1n) is 4.53. The van der Waals surface area contributed by atoms with Crippen LogP contribution in [0.15, 0.2) is 0 Å². The van der Waals surface area contributed by atoms with E-state index in [4.69, 9.17) is 10.6 Å². The first-order valence-corrected chi connectivity index (χ1v) is 4.53. The zero-order valence-corrected chi connectivity index (χ0v) is 8.72. The summed E-state index contributed by atoms with van der Waals surface area (Å²) in [6.45, 7) is 7.61. The molecule has 0 atom stereocenters. The monoisotopic (exact) mass is 188 g/mol. The molecule has 0 saturated carbocycles. The minimum atomic E-state index is -0.184. The van der Waals surface area contributed by atoms with Crippen LogP contribution in [0.3, 0.4) is 0 Å². The van der Waals surface area contributed by atoms with Crippen LogP contribution < -0.4 is 11.3 Å². The molecule has 0 aromatic heterocycles. The van der Waals surface area contributed by atoms with Crippen molar-refractivity contribution >= 4 is 5.91 Å².